The number of aldehydes is 2. The van der Waals surface area contributed by atoms with Gasteiger partial charge in [0.1, 0.15) is 0 Å². The van der Waals surface area contributed by atoms with Crippen molar-refractivity contribution in [1.82, 2.24) is 0 Å². The number of hydrogen-bond acceptors (Lipinski definition) is 4. The lowest BCUT2D eigenvalue weighted by atomic mass is 10.3. The van der Waals surface area contributed by atoms with Crippen molar-refractivity contribution < 1.29 is 18.4 Å². The zero-order valence-corrected chi connectivity index (χ0v) is 10.9. The maximum Gasteiger partial charge on any atom is 0.185 e. The van der Waals surface area contributed by atoms with Crippen LogP contribution in [0.15, 0.2) is 29.9 Å². The number of rotatable bonds is 3. The fraction of sp³-hybridized carbons (Fsp3) is 0. The smallest absolute Gasteiger partial charge is 0.185 e. The number of carbonyl (C=O) groups excluding carboxylic acids is 2. The van der Waals surface area contributed by atoms with E-state index in [0.717, 1.165) is 0 Å². The van der Waals surface area contributed by atoms with Crippen LogP contribution in [0.2, 0.25) is 0 Å². The molecule has 2 aromatic heterocycles. The number of carbonyl (C=O) groups is 2. The third kappa shape index (κ3) is 1.90. The second kappa shape index (κ2) is 4.39. The molecule has 0 fully saturated rings. The molecule has 0 unspecified atom stereocenters. The van der Waals surface area contributed by atoms with Crippen molar-refractivity contribution >= 4 is 44.4 Å². The van der Waals surface area contributed by atoms with E-state index < -0.39 is 0 Å². The zero-order valence-electron chi connectivity index (χ0n) is 7.70. The van der Waals surface area contributed by atoms with E-state index in [1.54, 1.807) is 0 Å². The lowest BCUT2D eigenvalue weighted by Gasteiger charge is -1.92. The highest BCUT2D eigenvalue weighted by Crippen LogP contribution is 2.37. The van der Waals surface area contributed by atoms with Crippen molar-refractivity contribution in [1.29, 1.82) is 0 Å². The fourth-order valence-corrected chi connectivity index (χ4v) is 2.17. The molecule has 4 nitrogen and oxygen atoms in total. The Morgan fingerprint density at radius 2 is 1.25 bits per heavy atom. The van der Waals surface area contributed by atoms with Crippen LogP contribution >= 0.6 is 31.9 Å². The molecule has 82 valence electrons. The second-order valence-corrected chi connectivity index (χ2v) is 4.60. The van der Waals surface area contributed by atoms with Gasteiger partial charge in [-0.05, 0) is 31.9 Å². The Morgan fingerprint density at radius 1 is 0.875 bits per heavy atom. The molecule has 0 bridgehead atoms. The summed E-state index contributed by atoms with van der Waals surface area (Å²) < 4.78 is 11.6. The highest BCUT2D eigenvalue weighted by atomic mass is 79.9. The van der Waals surface area contributed by atoms with Crippen LogP contribution in [0, 0.1) is 0 Å². The molecule has 0 aliphatic rings. The minimum absolute atomic E-state index is 0.179. The second-order valence-electron chi connectivity index (χ2n) is 2.89. The van der Waals surface area contributed by atoms with E-state index in [9.17, 15) is 9.59 Å². The van der Waals surface area contributed by atoms with E-state index in [0.29, 0.717) is 33.0 Å². The van der Waals surface area contributed by atoms with Crippen molar-refractivity contribution in [3.05, 3.63) is 32.6 Å². The van der Waals surface area contributed by atoms with Crippen LogP contribution in [0.3, 0.4) is 0 Å². The molecule has 16 heavy (non-hydrogen) atoms. The molecule has 0 radical (unpaired) electrons. The molecule has 0 aromatic carbocycles. The predicted octanol–water partition coefficient (Wildman–Crippen LogP) is 3.69. The number of hydrogen-bond donors (Lipinski definition) is 0. The first-order valence-corrected chi connectivity index (χ1v) is 5.73. The van der Waals surface area contributed by atoms with Crippen LogP contribution in [0.25, 0.3) is 11.5 Å². The van der Waals surface area contributed by atoms with Crippen molar-refractivity contribution in [3.8, 4) is 11.5 Å². The largest absolute Gasteiger partial charge is 0.449 e. The minimum atomic E-state index is 0.179. The molecular weight excluding hydrogens is 344 g/mol. The van der Waals surface area contributed by atoms with E-state index in [1.807, 2.05) is 0 Å². The summed E-state index contributed by atoms with van der Waals surface area (Å²) in [6.07, 6.45) is 1.18. The molecule has 0 atom stereocenters. The summed E-state index contributed by atoms with van der Waals surface area (Å²) in [5, 5.41) is 0. The van der Waals surface area contributed by atoms with Gasteiger partial charge in [-0.3, -0.25) is 9.59 Å². The summed E-state index contributed by atoms with van der Waals surface area (Å²) in [4.78, 5) is 21.1. The lowest BCUT2D eigenvalue weighted by molar-refractivity contribution is 0.109. The Bertz CT molecular complexity index is 503. The summed E-state index contributed by atoms with van der Waals surface area (Å²) in [5.41, 5.74) is 0. The van der Waals surface area contributed by atoms with Gasteiger partial charge in [0.15, 0.2) is 35.6 Å². The Labute approximate surface area is 107 Å². The van der Waals surface area contributed by atoms with Gasteiger partial charge in [-0.25, -0.2) is 0 Å². The summed E-state index contributed by atoms with van der Waals surface area (Å²) in [6, 6.07) is 3.05. The molecule has 0 amide bonds. The van der Waals surface area contributed by atoms with Crippen LogP contribution in [0.1, 0.15) is 21.1 Å². The quantitative estimate of drug-likeness (QED) is 0.794. The molecule has 0 aliphatic carbocycles. The highest BCUT2D eigenvalue weighted by Gasteiger charge is 2.18. The third-order valence-electron chi connectivity index (χ3n) is 1.85. The SMILES string of the molecule is O=Cc1cc(Br)c(-c2oc(C=O)cc2Br)o1. The van der Waals surface area contributed by atoms with Gasteiger partial charge >= 0.3 is 0 Å². The van der Waals surface area contributed by atoms with Gasteiger partial charge in [-0.2, -0.15) is 0 Å². The van der Waals surface area contributed by atoms with Gasteiger partial charge in [-0.1, -0.05) is 0 Å². The van der Waals surface area contributed by atoms with Crippen molar-refractivity contribution in [2.75, 3.05) is 0 Å². The van der Waals surface area contributed by atoms with Crippen molar-refractivity contribution in [3.63, 3.8) is 0 Å². The Balaban J connectivity index is 2.56. The van der Waals surface area contributed by atoms with E-state index in [1.165, 1.54) is 12.1 Å². The Morgan fingerprint density at radius 3 is 1.50 bits per heavy atom. The molecule has 2 rings (SSSR count). The molecule has 0 N–H and O–H groups in total. The molecule has 2 heterocycles. The standard InChI is InChI=1S/C10H4Br2O4/c11-7-1-5(3-13)15-9(7)10-8(12)2-6(4-14)16-10/h1-4H. The number of halogens is 2. The first-order valence-electron chi connectivity index (χ1n) is 4.15. The summed E-state index contributed by atoms with van der Waals surface area (Å²) in [6.45, 7) is 0. The van der Waals surface area contributed by atoms with Gasteiger partial charge in [0.25, 0.3) is 0 Å². The Kier molecular flexibility index (Phi) is 3.11. The fourth-order valence-electron chi connectivity index (χ4n) is 1.20. The van der Waals surface area contributed by atoms with Crippen LogP contribution in [-0.2, 0) is 0 Å². The van der Waals surface area contributed by atoms with Crippen molar-refractivity contribution in [2.45, 2.75) is 0 Å². The van der Waals surface area contributed by atoms with Crippen LogP contribution in [-0.4, -0.2) is 12.6 Å². The molecular formula is C10H4Br2O4. The van der Waals surface area contributed by atoms with E-state index in [2.05, 4.69) is 31.9 Å². The highest BCUT2D eigenvalue weighted by molar-refractivity contribution is 9.11. The maximum absolute atomic E-state index is 10.5. The van der Waals surface area contributed by atoms with Crippen LogP contribution in [0.5, 0.6) is 0 Å². The van der Waals surface area contributed by atoms with Gasteiger partial charge < -0.3 is 8.83 Å². The van der Waals surface area contributed by atoms with E-state index >= 15 is 0 Å². The number of furan rings is 2. The molecule has 0 aliphatic heterocycles. The minimum Gasteiger partial charge on any atom is -0.449 e. The third-order valence-corrected chi connectivity index (χ3v) is 3.03. The summed E-state index contributed by atoms with van der Waals surface area (Å²) >= 11 is 6.48. The van der Waals surface area contributed by atoms with Crippen LogP contribution < -0.4 is 0 Å². The summed E-state index contributed by atoms with van der Waals surface area (Å²) in [7, 11) is 0. The molecule has 2 aromatic rings. The van der Waals surface area contributed by atoms with E-state index in [4.69, 9.17) is 8.83 Å². The van der Waals surface area contributed by atoms with Crippen molar-refractivity contribution in [2.24, 2.45) is 0 Å². The zero-order chi connectivity index (χ0) is 11.7. The normalized spacial score (nSPS) is 10.4. The first-order chi connectivity index (χ1) is 7.65. The first kappa shape index (κ1) is 11.3. The Hall–Kier alpha value is -1.14. The van der Waals surface area contributed by atoms with Gasteiger partial charge in [0, 0.05) is 12.1 Å². The van der Waals surface area contributed by atoms with Crippen LogP contribution in [0.4, 0.5) is 0 Å². The van der Waals surface area contributed by atoms with Gasteiger partial charge in [0.2, 0.25) is 0 Å². The van der Waals surface area contributed by atoms with E-state index in [-0.39, 0.29) is 11.5 Å². The molecule has 6 heteroatoms. The predicted molar refractivity (Wildman–Crippen MR) is 62.6 cm³/mol. The molecule has 0 spiro atoms. The molecule has 0 saturated heterocycles. The van der Waals surface area contributed by atoms with Gasteiger partial charge in [-0.15, -0.1) is 0 Å². The summed E-state index contributed by atoms with van der Waals surface area (Å²) in [5.74, 6) is 1.08. The maximum atomic E-state index is 10.5. The average molecular weight is 348 g/mol. The van der Waals surface area contributed by atoms with Gasteiger partial charge in [0.05, 0.1) is 8.95 Å². The molecule has 0 saturated carbocycles. The monoisotopic (exact) mass is 346 g/mol. The topological polar surface area (TPSA) is 60.4 Å². The lowest BCUT2D eigenvalue weighted by Crippen LogP contribution is -1.72. The average Bonchev–Trinajstić information content (AvgIpc) is 2.81.